The molecule has 0 radical (unpaired) electrons. The molecule has 0 heterocycles. The van der Waals surface area contributed by atoms with E-state index in [1.807, 2.05) is 12.1 Å². The van der Waals surface area contributed by atoms with Crippen LogP contribution < -0.4 is 15.8 Å². The number of nitrogen functional groups attached to an aromatic ring is 1. The Kier molecular flexibility index (Phi) is 4.66. The number of phenols is 1. The topological polar surface area (TPSA) is 84.6 Å². The van der Waals surface area contributed by atoms with Gasteiger partial charge in [0.05, 0.1) is 17.8 Å². The summed E-state index contributed by atoms with van der Waals surface area (Å²) >= 11 is 0. The van der Waals surface area contributed by atoms with Crippen molar-refractivity contribution in [3.05, 3.63) is 53.6 Å². The number of aryl methyl sites for hydroxylation is 1. The second-order valence-corrected chi connectivity index (χ2v) is 4.61. The summed E-state index contributed by atoms with van der Waals surface area (Å²) < 4.78 is 5.47. The fraction of sp³-hybridized carbons (Fsp3) is 0.188. The zero-order valence-corrected chi connectivity index (χ0v) is 11.8. The summed E-state index contributed by atoms with van der Waals surface area (Å²) in [6, 6.07) is 12.2. The molecule has 4 N–H and O–H groups in total. The third kappa shape index (κ3) is 3.66. The number of ether oxygens (including phenoxy) is 1. The quantitative estimate of drug-likeness (QED) is 0.580. The monoisotopic (exact) mass is 286 g/mol. The van der Waals surface area contributed by atoms with Gasteiger partial charge in [-0.2, -0.15) is 0 Å². The molecule has 5 nitrogen and oxygen atoms in total. The molecule has 0 saturated carbocycles. The molecule has 0 aliphatic carbocycles. The molecule has 0 unspecified atom stereocenters. The lowest BCUT2D eigenvalue weighted by atomic mass is 10.1. The van der Waals surface area contributed by atoms with Gasteiger partial charge in [-0.25, -0.2) is 0 Å². The van der Waals surface area contributed by atoms with E-state index in [4.69, 9.17) is 10.5 Å². The highest BCUT2D eigenvalue weighted by Gasteiger charge is 2.11. The fourth-order valence-electron chi connectivity index (χ4n) is 1.87. The van der Waals surface area contributed by atoms with Crippen molar-refractivity contribution in [3.63, 3.8) is 0 Å². The minimum atomic E-state index is -0.333. The molecule has 0 atom stereocenters. The number of benzene rings is 2. The number of nitrogens with one attached hydrogen (secondary N) is 1. The number of rotatable bonds is 5. The highest BCUT2D eigenvalue weighted by Crippen LogP contribution is 2.21. The number of para-hydroxylation sites is 3. The predicted octanol–water partition coefficient (Wildman–Crippen LogP) is 2.09. The Balaban J connectivity index is 1.85. The van der Waals surface area contributed by atoms with Crippen LogP contribution >= 0.6 is 0 Å². The molecular weight excluding hydrogens is 268 g/mol. The third-order valence-corrected chi connectivity index (χ3v) is 3.05. The van der Waals surface area contributed by atoms with E-state index in [1.54, 1.807) is 37.3 Å². The Morgan fingerprint density at radius 3 is 2.76 bits per heavy atom. The zero-order valence-electron chi connectivity index (χ0n) is 11.8. The molecule has 0 bridgehead atoms. The SMILES string of the molecule is Cc1cccc(C(=O)NCCOc2ccccc2N)c1O. The van der Waals surface area contributed by atoms with Gasteiger partial charge in [0, 0.05) is 0 Å². The second kappa shape index (κ2) is 6.65. The molecule has 1 amide bonds. The van der Waals surface area contributed by atoms with Gasteiger partial charge in [-0.1, -0.05) is 24.3 Å². The number of anilines is 1. The molecule has 0 aliphatic rings. The highest BCUT2D eigenvalue weighted by atomic mass is 16.5. The summed E-state index contributed by atoms with van der Waals surface area (Å²) in [4.78, 5) is 11.9. The summed E-state index contributed by atoms with van der Waals surface area (Å²) in [6.45, 7) is 2.36. The zero-order chi connectivity index (χ0) is 15.2. The highest BCUT2D eigenvalue weighted by molar-refractivity contribution is 5.97. The number of amides is 1. The van der Waals surface area contributed by atoms with Crippen molar-refractivity contribution in [2.24, 2.45) is 0 Å². The maximum Gasteiger partial charge on any atom is 0.255 e. The summed E-state index contributed by atoms with van der Waals surface area (Å²) in [7, 11) is 0. The number of phenolic OH excluding ortho intramolecular Hbond substituents is 1. The molecule has 21 heavy (non-hydrogen) atoms. The lowest BCUT2D eigenvalue weighted by Gasteiger charge is -2.10. The Hall–Kier alpha value is -2.69. The number of carbonyl (C=O) groups is 1. The van der Waals surface area contributed by atoms with E-state index in [0.717, 1.165) is 0 Å². The Bertz CT molecular complexity index is 641. The maximum absolute atomic E-state index is 11.9. The van der Waals surface area contributed by atoms with E-state index < -0.39 is 0 Å². The molecular formula is C16H18N2O3. The van der Waals surface area contributed by atoms with Gasteiger partial charge < -0.3 is 20.9 Å². The smallest absolute Gasteiger partial charge is 0.255 e. The Morgan fingerprint density at radius 2 is 2.00 bits per heavy atom. The van der Waals surface area contributed by atoms with Crippen LogP contribution in [0.1, 0.15) is 15.9 Å². The van der Waals surface area contributed by atoms with E-state index in [9.17, 15) is 9.90 Å². The van der Waals surface area contributed by atoms with Crippen LogP contribution in [-0.2, 0) is 0 Å². The van der Waals surface area contributed by atoms with Crippen molar-refractivity contribution < 1.29 is 14.6 Å². The molecule has 2 rings (SSSR count). The van der Waals surface area contributed by atoms with Crippen LogP contribution in [0.25, 0.3) is 0 Å². The minimum absolute atomic E-state index is 0.00298. The van der Waals surface area contributed by atoms with Crippen LogP contribution in [-0.4, -0.2) is 24.2 Å². The van der Waals surface area contributed by atoms with Crippen LogP contribution in [0.4, 0.5) is 5.69 Å². The van der Waals surface area contributed by atoms with Crippen molar-refractivity contribution in [3.8, 4) is 11.5 Å². The molecule has 0 fully saturated rings. The normalized spacial score (nSPS) is 10.1. The van der Waals surface area contributed by atoms with E-state index in [-0.39, 0.29) is 17.2 Å². The first-order chi connectivity index (χ1) is 10.1. The van der Waals surface area contributed by atoms with Crippen molar-refractivity contribution in [1.82, 2.24) is 5.32 Å². The number of aromatic hydroxyl groups is 1. The van der Waals surface area contributed by atoms with Gasteiger partial charge in [0.2, 0.25) is 0 Å². The standard InChI is InChI=1S/C16H18N2O3/c1-11-5-4-6-12(15(11)19)16(20)18-9-10-21-14-8-3-2-7-13(14)17/h2-8,19H,9-10,17H2,1H3,(H,18,20). The molecule has 0 aliphatic heterocycles. The average Bonchev–Trinajstić information content (AvgIpc) is 2.48. The summed E-state index contributed by atoms with van der Waals surface area (Å²) in [5.74, 6) is 0.259. The first-order valence-electron chi connectivity index (χ1n) is 6.63. The van der Waals surface area contributed by atoms with Crippen molar-refractivity contribution in [1.29, 1.82) is 0 Å². The molecule has 110 valence electrons. The lowest BCUT2D eigenvalue weighted by Crippen LogP contribution is -2.28. The molecule has 5 heteroatoms. The Morgan fingerprint density at radius 1 is 1.24 bits per heavy atom. The van der Waals surface area contributed by atoms with Crippen molar-refractivity contribution in [2.45, 2.75) is 6.92 Å². The van der Waals surface area contributed by atoms with Gasteiger partial charge >= 0.3 is 0 Å². The van der Waals surface area contributed by atoms with Crippen molar-refractivity contribution >= 4 is 11.6 Å². The number of hydrogen-bond acceptors (Lipinski definition) is 4. The van der Waals surface area contributed by atoms with E-state index in [2.05, 4.69) is 5.32 Å². The molecule has 0 saturated heterocycles. The molecule has 2 aromatic rings. The summed E-state index contributed by atoms with van der Waals surface area (Å²) in [5.41, 5.74) is 7.22. The largest absolute Gasteiger partial charge is 0.507 e. The summed E-state index contributed by atoms with van der Waals surface area (Å²) in [5, 5.41) is 12.5. The average molecular weight is 286 g/mol. The van der Waals surface area contributed by atoms with Gasteiger partial charge in [0.15, 0.2) is 0 Å². The number of carbonyl (C=O) groups excluding carboxylic acids is 1. The van der Waals surface area contributed by atoms with Crippen LogP contribution in [0.15, 0.2) is 42.5 Å². The Labute approximate surface area is 123 Å². The summed E-state index contributed by atoms with van der Waals surface area (Å²) in [6.07, 6.45) is 0. The van der Waals surface area contributed by atoms with Gasteiger partial charge in [0.1, 0.15) is 18.1 Å². The van der Waals surface area contributed by atoms with Gasteiger partial charge in [-0.15, -0.1) is 0 Å². The van der Waals surface area contributed by atoms with Crippen LogP contribution in [0, 0.1) is 6.92 Å². The maximum atomic E-state index is 11.9. The van der Waals surface area contributed by atoms with E-state index >= 15 is 0 Å². The van der Waals surface area contributed by atoms with E-state index in [0.29, 0.717) is 30.2 Å². The lowest BCUT2D eigenvalue weighted by molar-refractivity contribution is 0.0944. The molecule has 0 spiro atoms. The van der Waals surface area contributed by atoms with Gasteiger partial charge in [-0.05, 0) is 30.7 Å². The van der Waals surface area contributed by atoms with E-state index in [1.165, 1.54) is 0 Å². The number of nitrogens with two attached hydrogens (primary N) is 1. The first-order valence-corrected chi connectivity index (χ1v) is 6.63. The molecule has 2 aromatic carbocycles. The minimum Gasteiger partial charge on any atom is -0.507 e. The third-order valence-electron chi connectivity index (χ3n) is 3.05. The molecule has 0 aromatic heterocycles. The van der Waals surface area contributed by atoms with Crippen molar-refractivity contribution in [2.75, 3.05) is 18.9 Å². The van der Waals surface area contributed by atoms with Crippen LogP contribution in [0.2, 0.25) is 0 Å². The van der Waals surface area contributed by atoms with Gasteiger partial charge in [0.25, 0.3) is 5.91 Å². The second-order valence-electron chi connectivity index (χ2n) is 4.61. The van der Waals surface area contributed by atoms with Gasteiger partial charge in [-0.3, -0.25) is 4.79 Å². The van der Waals surface area contributed by atoms with Crippen LogP contribution in [0.3, 0.4) is 0 Å². The first kappa shape index (κ1) is 14.7. The fourth-order valence-corrected chi connectivity index (χ4v) is 1.87. The number of hydrogen-bond donors (Lipinski definition) is 3. The predicted molar refractivity (Wildman–Crippen MR) is 81.5 cm³/mol. The van der Waals surface area contributed by atoms with Crippen LogP contribution in [0.5, 0.6) is 11.5 Å².